The third-order valence-corrected chi connectivity index (χ3v) is 19.0. The summed E-state index contributed by atoms with van der Waals surface area (Å²) in [7, 11) is -2.82. The molecular weight excluding hydrogens is 891 g/mol. The molecule has 0 spiro atoms. The Hall–Kier alpha value is -6.01. The van der Waals surface area contributed by atoms with Crippen molar-refractivity contribution in [3.05, 3.63) is 173 Å². The molecule has 0 amide bonds. The molecule has 0 saturated heterocycles. The lowest BCUT2D eigenvalue weighted by Crippen LogP contribution is -2.24. The molecule has 0 aliphatic rings. The van der Waals surface area contributed by atoms with Crippen LogP contribution in [0.15, 0.2) is 72.8 Å². The normalized spacial score (nSPS) is 13.1. The maximum Gasteiger partial charge on any atom is 0.252 e. The molecule has 0 radical (unpaired) electrons. The van der Waals surface area contributed by atoms with Gasteiger partial charge in [0.05, 0.1) is 39.0 Å². The van der Waals surface area contributed by atoms with Gasteiger partial charge in [0, 0.05) is 35.0 Å². The van der Waals surface area contributed by atoms with E-state index in [1.165, 1.54) is 33.5 Å². The molecule has 356 valence electrons. The largest absolute Gasteiger partial charge is 0.497 e. The lowest BCUT2D eigenvalue weighted by molar-refractivity contribution is 0.103. The van der Waals surface area contributed by atoms with Gasteiger partial charge in [-0.1, -0.05) is 47.5 Å². The van der Waals surface area contributed by atoms with E-state index in [1.54, 1.807) is 52.1 Å². The number of hydrogen-bond donors (Lipinski definition) is 0. The maximum atomic E-state index is 16.1. The quantitative estimate of drug-likeness (QED) is 0.0873. The Morgan fingerprint density at radius 2 is 0.779 bits per heavy atom. The van der Waals surface area contributed by atoms with Crippen molar-refractivity contribution in [1.29, 1.82) is 0 Å². The first-order chi connectivity index (χ1) is 32.0. The van der Waals surface area contributed by atoms with Crippen molar-refractivity contribution in [2.75, 3.05) is 28.4 Å². The number of ether oxygens (including phenoxy) is 4. The van der Waals surface area contributed by atoms with Crippen LogP contribution in [0.5, 0.6) is 23.0 Å². The predicted octanol–water partition coefficient (Wildman–Crippen LogP) is 12.7. The zero-order chi connectivity index (χ0) is 50.3. The van der Waals surface area contributed by atoms with E-state index in [9.17, 15) is 0 Å². The van der Waals surface area contributed by atoms with Gasteiger partial charge in [0.1, 0.15) is 23.0 Å². The number of rotatable bonds is 16. The van der Waals surface area contributed by atoms with Crippen LogP contribution in [-0.4, -0.2) is 45.0 Å². The Morgan fingerprint density at radius 3 is 1.22 bits per heavy atom. The second kappa shape index (κ2) is 19.9. The lowest BCUT2D eigenvalue weighted by atomic mass is 9.85. The summed E-state index contributed by atoms with van der Waals surface area (Å²) in [6.07, 6.45) is 0.263. The molecule has 6 aromatic carbocycles. The number of hydrogen-bond acceptors (Lipinski definition) is 9. The first-order valence-electron chi connectivity index (χ1n) is 22.6. The fourth-order valence-electron chi connectivity index (χ4n) is 10.2. The Labute approximate surface area is 402 Å². The van der Waals surface area contributed by atoms with Gasteiger partial charge in [-0.15, -0.1) is 0 Å². The van der Waals surface area contributed by atoms with Crippen molar-refractivity contribution in [1.82, 2.24) is 0 Å². The molecular formula is C57H64O9P2. The number of aryl methyl sites for hydroxylation is 10. The van der Waals surface area contributed by atoms with Gasteiger partial charge in [-0.3, -0.25) is 14.4 Å². The molecule has 9 nitrogen and oxygen atoms in total. The Kier molecular flexibility index (Phi) is 15.0. The van der Waals surface area contributed by atoms with Crippen LogP contribution in [0.25, 0.3) is 0 Å². The molecule has 0 aromatic heterocycles. The monoisotopic (exact) mass is 954 g/mol. The Morgan fingerprint density at radius 1 is 0.412 bits per heavy atom. The summed E-state index contributed by atoms with van der Waals surface area (Å²) >= 11 is 0. The summed E-state index contributed by atoms with van der Waals surface area (Å²) in [5, 5.41) is 0.293. The van der Waals surface area contributed by atoms with Gasteiger partial charge in [-0.2, -0.15) is 0 Å². The maximum absolute atomic E-state index is 16.1. The smallest absolute Gasteiger partial charge is 0.252 e. The predicted molar refractivity (Wildman–Crippen MR) is 276 cm³/mol. The molecule has 0 aliphatic carbocycles. The van der Waals surface area contributed by atoms with Crippen LogP contribution in [-0.2, 0) is 21.7 Å². The van der Waals surface area contributed by atoms with Crippen molar-refractivity contribution in [3.8, 4) is 23.0 Å². The first kappa shape index (κ1) is 51.4. The van der Waals surface area contributed by atoms with Crippen LogP contribution >= 0.6 is 14.3 Å². The van der Waals surface area contributed by atoms with Gasteiger partial charge < -0.3 is 28.1 Å². The van der Waals surface area contributed by atoms with Crippen molar-refractivity contribution in [3.63, 3.8) is 0 Å². The highest BCUT2D eigenvalue weighted by atomic mass is 31.2. The zero-order valence-electron chi connectivity index (χ0n) is 42.4. The minimum Gasteiger partial charge on any atom is -0.497 e. The molecule has 0 heterocycles. The molecule has 6 aromatic rings. The van der Waals surface area contributed by atoms with E-state index in [2.05, 4.69) is 0 Å². The van der Waals surface area contributed by atoms with E-state index in [0.29, 0.717) is 61.5 Å². The van der Waals surface area contributed by atoms with Crippen LogP contribution in [0.4, 0.5) is 0 Å². The Balaban J connectivity index is 1.56. The SMILES string of the molecule is COc1ccc(P(=O)(Cc2c(C)cc(C)cc2C)C(=O)c2c(C)cc(C)c(Cc3c(C)cc(C)c(C(=O)P(=O)(C(=O)c4c(C)cc(C)cc4C)c4ccc(OC)cc4OC)c3C)c2C)c(OC)c1. The minimum atomic E-state index is -4.72. The van der Waals surface area contributed by atoms with Crippen LogP contribution in [0.1, 0.15) is 115 Å². The summed E-state index contributed by atoms with van der Waals surface area (Å²) in [6, 6.07) is 21.3. The number of carbonyl (C=O) groups excluding carboxylic acids is 3. The van der Waals surface area contributed by atoms with Crippen LogP contribution < -0.4 is 29.6 Å². The highest BCUT2D eigenvalue weighted by Crippen LogP contribution is 2.57. The van der Waals surface area contributed by atoms with E-state index < -0.39 is 30.9 Å². The summed E-state index contributed by atoms with van der Waals surface area (Å²) in [5.74, 6) is 1.30. The fourth-order valence-corrected chi connectivity index (χ4v) is 15.9. The van der Waals surface area contributed by atoms with Crippen molar-refractivity contribution >= 4 is 41.5 Å². The second-order valence-corrected chi connectivity index (χ2v) is 23.5. The fraction of sp³-hybridized carbons (Fsp3) is 0.316. The lowest BCUT2D eigenvalue weighted by Gasteiger charge is -2.26. The molecule has 0 fully saturated rings. The summed E-state index contributed by atoms with van der Waals surface area (Å²) < 4.78 is 54.7. The van der Waals surface area contributed by atoms with E-state index in [4.69, 9.17) is 18.9 Å². The van der Waals surface area contributed by atoms with E-state index in [-0.39, 0.29) is 34.8 Å². The molecule has 2 unspecified atom stereocenters. The molecule has 6 rings (SSSR count). The van der Waals surface area contributed by atoms with Crippen LogP contribution in [0.2, 0.25) is 0 Å². The third-order valence-electron chi connectivity index (χ3n) is 13.6. The van der Waals surface area contributed by atoms with Crippen molar-refractivity contribution < 1.29 is 42.5 Å². The highest BCUT2D eigenvalue weighted by molar-refractivity contribution is 8.01. The number of benzene rings is 6. The van der Waals surface area contributed by atoms with Gasteiger partial charge in [-0.25, -0.2) is 0 Å². The molecule has 68 heavy (non-hydrogen) atoms. The van der Waals surface area contributed by atoms with Gasteiger partial charge in [0.2, 0.25) is 16.6 Å². The van der Waals surface area contributed by atoms with E-state index in [1.807, 2.05) is 98.7 Å². The van der Waals surface area contributed by atoms with Crippen molar-refractivity contribution in [2.45, 2.75) is 95.7 Å². The zero-order valence-corrected chi connectivity index (χ0v) is 44.2. The summed E-state index contributed by atoms with van der Waals surface area (Å²) in [4.78, 5) is 46.3. The molecule has 0 bridgehead atoms. The first-order valence-corrected chi connectivity index (χ1v) is 26.2. The summed E-state index contributed by atoms with van der Waals surface area (Å²) in [6.45, 7) is 22.8. The highest BCUT2D eigenvalue weighted by Gasteiger charge is 2.47. The standard InChI is InChI=1S/C57H64O9P2/c1-31-21-33(3)47(34(4)22-31)30-67(61,50-19-17-43(63-13)27-48(50)65-15)55(58)53-39(9)25-35(5)45(41(53)11)29-46-36(6)26-40(10)54(42(46)12)57(60)68(62,51-20-18-44(64-14)28-49(51)66-16)56(59)52-37(7)23-32(2)24-38(52)8/h17-28H,29-30H2,1-16H3. The average molecular weight is 955 g/mol. The van der Waals surface area contributed by atoms with Crippen LogP contribution in [0, 0.1) is 83.1 Å². The molecule has 2 atom stereocenters. The molecule has 0 N–H and O–H groups in total. The third kappa shape index (κ3) is 9.16. The molecule has 0 aliphatic heterocycles. The number of methoxy groups -OCH3 is 4. The van der Waals surface area contributed by atoms with Gasteiger partial charge in [0.15, 0.2) is 7.14 Å². The van der Waals surface area contributed by atoms with Gasteiger partial charge in [0.25, 0.3) is 7.14 Å². The Bertz CT molecular complexity index is 3110. The van der Waals surface area contributed by atoms with Gasteiger partial charge in [-0.05, 0) is 186 Å². The average Bonchev–Trinajstić information content (AvgIpc) is 3.28. The topological polar surface area (TPSA) is 122 Å². The number of carbonyl (C=O) groups is 3. The van der Waals surface area contributed by atoms with Crippen molar-refractivity contribution in [2.24, 2.45) is 0 Å². The second-order valence-electron chi connectivity index (χ2n) is 18.3. The summed E-state index contributed by atoms with van der Waals surface area (Å²) in [5.41, 5.74) is 10.5. The van der Waals surface area contributed by atoms with E-state index >= 15 is 23.5 Å². The van der Waals surface area contributed by atoms with Crippen LogP contribution in [0.3, 0.4) is 0 Å². The van der Waals surface area contributed by atoms with Gasteiger partial charge >= 0.3 is 0 Å². The molecule has 11 heteroatoms. The molecule has 0 saturated carbocycles. The minimum absolute atomic E-state index is 0.0153. The van der Waals surface area contributed by atoms with E-state index in [0.717, 1.165) is 50.1 Å².